The fraction of sp³-hybridized carbons (Fsp3) is 0.286. The number of aryl methyl sites for hydroxylation is 1. The Balaban J connectivity index is 2.16. The van der Waals surface area contributed by atoms with Crippen LogP contribution in [-0.2, 0) is 17.5 Å². The van der Waals surface area contributed by atoms with Gasteiger partial charge >= 0.3 is 5.97 Å². The van der Waals surface area contributed by atoms with Crippen LogP contribution in [0.2, 0.25) is 0 Å². The topological polar surface area (TPSA) is 44.1 Å². The van der Waals surface area contributed by atoms with Gasteiger partial charge in [-0.2, -0.15) is 5.10 Å². The summed E-state index contributed by atoms with van der Waals surface area (Å²) in [5.74, 6) is 0.398. The summed E-state index contributed by atoms with van der Waals surface area (Å²) < 4.78 is 7.87. The van der Waals surface area contributed by atoms with Gasteiger partial charge in [0.25, 0.3) is 0 Å². The Bertz CT molecular complexity index is 697. The molecule has 0 aliphatic carbocycles. The first kappa shape index (κ1) is 13.7. The number of hydrogen-bond acceptors (Lipinski definition) is 4. The third-order valence-electron chi connectivity index (χ3n) is 3.18. The number of halogens is 1. The number of esters is 1. The highest BCUT2D eigenvalue weighted by Gasteiger charge is 2.28. The van der Waals surface area contributed by atoms with Crippen LogP contribution >= 0.6 is 27.7 Å². The first-order valence-electron chi connectivity index (χ1n) is 6.27. The molecule has 1 aromatic heterocycles. The number of aromatic nitrogens is 2. The van der Waals surface area contributed by atoms with Crippen LogP contribution in [0.5, 0.6) is 0 Å². The number of thioether (sulfide) groups is 1. The predicted octanol–water partition coefficient (Wildman–Crippen LogP) is 3.63. The predicted molar refractivity (Wildman–Crippen MR) is 81.9 cm³/mol. The second-order valence-corrected chi connectivity index (χ2v) is 6.38. The maximum Gasteiger partial charge on any atom is 0.359 e. The van der Waals surface area contributed by atoms with E-state index >= 15 is 0 Å². The summed E-state index contributed by atoms with van der Waals surface area (Å²) in [5.41, 5.74) is 3.50. The third kappa shape index (κ3) is 2.16. The lowest BCUT2D eigenvalue weighted by Crippen LogP contribution is -2.08. The van der Waals surface area contributed by atoms with Crippen molar-refractivity contribution in [3.05, 3.63) is 33.9 Å². The highest BCUT2D eigenvalue weighted by atomic mass is 79.9. The molecule has 0 amide bonds. The summed E-state index contributed by atoms with van der Waals surface area (Å²) in [5, 5.41) is 4.35. The molecule has 0 radical (unpaired) electrons. The molecule has 104 valence electrons. The van der Waals surface area contributed by atoms with Crippen LogP contribution in [0.1, 0.15) is 23.0 Å². The average molecular weight is 353 g/mol. The van der Waals surface area contributed by atoms with E-state index in [-0.39, 0.29) is 5.97 Å². The zero-order valence-corrected chi connectivity index (χ0v) is 13.5. The van der Waals surface area contributed by atoms with Gasteiger partial charge in [-0.1, -0.05) is 15.9 Å². The minimum atomic E-state index is -0.344. The van der Waals surface area contributed by atoms with E-state index < -0.39 is 0 Å². The fourth-order valence-electron chi connectivity index (χ4n) is 2.37. The van der Waals surface area contributed by atoms with Gasteiger partial charge in [0, 0.05) is 33.3 Å². The smallest absolute Gasteiger partial charge is 0.359 e. The van der Waals surface area contributed by atoms with E-state index in [4.69, 9.17) is 4.74 Å². The molecule has 3 rings (SSSR count). The van der Waals surface area contributed by atoms with Crippen LogP contribution in [0.3, 0.4) is 0 Å². The van der Waals surface area contributed by atoms with Crippen molar-refractivity contribution in [2.45, 2.75) is 17.6 Å². The number of nitrogens with zero attached hydrogens (tertiary/aromatic N) is 2. The van der Waals surface area contributed by atoms with Gasteiger partial charge in [0.05, 0.1) is 12.3 Å². The summed E-state index contributed by atoms with van der Waals surface area (Å²) in [6.07, 6.45) is 0. The zero-order chi connectivity index (χ0) is 14.3. The SMILES string of the molecule is CCOC(=O)c1nn(C)c2c1CSc1ccc(Br)cc1-2. The Labute approximate surface area is 129 Å². The number of ether oxygens (including phenoxy) is 1. The lowest BCUT2D eigenvalue weighted by molar-refractivity contribution is 0.0517. The Hall–Kier alpha value is -1.27. The van der Waals surface area contributed by atoms with Crippen LogP contribution < -0.4 is 0 Å². The Morgan fingerprint density at radius 2 is 2.35 bits per heavy atom. The van der Waals surface area contributed by atoms with E-state index in [1.807, 2.05) is 13.1 Å². The van der Waals surface area contributed by atoms with Gasteiger partial charge in [0.1, 0.15) is 0 Å². The van der Waals surface area contributed by atoms with Crippen molar-refractivity contribution in [3.8, 4) is 11.3 Å². The van der Waals surface area contributed by atoms with Crippen LogP contribution in [0.4, 0.5) is 0 Å². The minimum absolute atomic E-state index is 0.344. The number of carbonyl (C=O) groups excluding carboxylic acids is 1. The Morgan fingerprint density at radius 1 is 1.55 bits per heavy atom. The van der Waals surface area contributed by atoms with Crippen LogP contribution in [0.15, 0.2) is 27.6 Å². The van der Waals surface area contributed by atoms with Gasteiger partial charge in [-0.05, 0) is 25.1 Å². The maximum atomic E-state index is 12.0. The summed E-state index contributed by atoms with van der Waals surface area (Å²) in [7, 11) is 1.86. The van der Waals surface area contributed by atoms with Crippen LogP contribution in [0, 0.1) is 0 Å². The van der Waals surface area contributed by atoms with Crippen LogP contribution in [0.25, 0.3) is 11.3 Å². The molecule has 20 heavy (non-hydrogen) atoms. The Kier molecular flexibility index (Phi) is 3.60. The molecule has 0 N–H and O–H groups in total. The normalized spacial score (nSPS) is 12.8. The molecule has 0 fully saturated rings. The molecule has 2 heterocycles. The van der Waals surface area contributed by atoms with Crippen molar-refractivity contribution in [2.75, 3.05) is 6.61 Å². The summed E-state index contributed by atoms with van der Waals surface area (Å²) in [6.45, 7) is 2.16. The molecule has 6 heteroatoms. The van der Waals surface area contributed by atoms with E-state index in [1.54, 1.807) is 23.4 Å². The van der Waals surface area contributed by atoms with E-state index in [1.165, 1.54) is 4.90 Å². The van der Waals surface area contributed by atoms with Crippen molar-refractivity contribution in [2.24, 2.45) is 7.05 Å². The summed E-state index contributed by atoms with van der Waals surface area (Å²) >= 11 is 5.22. The lowest BCUT2D eigenvalue weighted by atomic mass is 10.1. The second kappa shape index (κ2) is 5.26. The molecule has 1 aliphatic rings. The molecular formula is C14H13BrN2O2S. The molecule has 4 nitrogen and oxygen atoms in total. The zero-order valence-electron chi connectivity index (χ0n) is 11.1. The Morgan fingerprint density at radius 3 is 3.10 bits per heavy atom. The van der Waals surface area contributed by atoms with E-state index in [9.17, 15) is 4.79 Å². The third-order valence-corrected chi connectivity index (χ3v) is 4.78. The molecule has 1 aromatic carbocycles. The minimum Gasteiger partial charge on any atom is -0.461 e. The van der Waals surface area contributed by atoms with Crippen molar-refractivity contribution in [1.82, 2.24) is 9.78 Å². The monoisotopic (exact) mass is 352 g/mol. The molecule has 0 unspecified atom stereocenters. The van der Waals surface area contributed by atoms with Gasteiger partial charge in [0.2, 0.25) is 0 Å². The highest BCUT2D eigenvalue weighted by molar-refractivity contribution is 9.10. The van der Waals surface area contributed by atoms with E-state index in [0.29, 0.717) is 12.3 Å². The van der Waals surface area contributed by atoms with E-state index in [2.05, 4.69) is 33.2 Å². The number of hydrogen-bond donors (Lipinski definition) is 0. The largest absolute Gasteiger partial charge is 0.461 e. The van der Waals surface area contributed by atoms with Gasteiger partial charge in [0.15, 0.2) is 5.69 Å². The first-order valence-corrected chi connectivity index (χ1v) is 8.05. The molecule has 1 aliphatic heterocycles. The van der Waals surface area contributed by atoms with Gasteiger partial charge in [-0.15, -0.1) is 11.8 Å². The molecule has 0 spiro atoms. The quantitative estimate of drug-likeness (QED) is 0.774. The maximum absolute atomic E-state index is 12.0. The van der Waals surface area contributed by atoms with Crippen molar-refractivity contribution in [1.29, 1.82) is 0 Å². The molecule has 0 atom stereocenters. The molecule has 2 aromatic rings. The average Bonchev–Trinajstić information content (AvgIpc) is 2.77. The molecule has 0 saturated heterocycles. The summed E-state index contributed by atoms with van der Waals surface area (Å²) in [6, 6.07) is 6.18. The number of benzene rings is 1. The van der Waals surface area contributed by atoms with Gasteiger partial charge in [-0.3, -0.25) is 4.68 Å². The van der Waals surface area contributed by atoms with Crippen LogP contribution in [-0.4, -0.2) is 22.4 Å². The fourth-order valence-corrected chi connectivity index (χ4v) is 3.78. The van der Waals surface area contributed by atoms with Crippen molar-refractivity contribution < 1.29 is 9.53 Å². The standard InChI is InChI=1S/C14H13BrN2O2S/c1-3-19-14(18)12-10-7-20-11-5-4-8(15)6-9(11)13(10)17(2)16-12/h4-6H,3,7H2,1-2H3. The molecular weight excluding hydrogens is 340 g/mol. The number of rotatable bonds is 2. The highest BCUT2D eigenvalue weighted by Crippen LogP contribution is 2.43. The summed E-state index contributed by atoms with van der Waals surface area (Å²) in [4.78, 5) is 13.2. The van der Waals surface area contributed by atoms with E-state index in [0.717, 1.165) is 27.0 Å². The molecule has 0 bridgehead atoms. The molecule has 0 saturated carbocycles. The lowest BCUT2D eigenvalue weighted by Gasteiger charge is -2.17. The van der Waals surface area contributed by atoms with Crippen molar-refractivity contribution in [3.63, 3.8) is 0 Å². The van der Waals surface area contributed by atoms with Gasteiger partial charge < -0.3 is 4.74 Å². The number of fused-ring (bicyclic) bond motifs is 3. The second-order valence-electron chi connectivity index (χ2n) is 4.45. The first-order chi connectivity index (χ1) is 9.61. The number of carbonyl (C=O) groups is 1. The van der Waals surface area contributed by atoms with Gasteiger partial charge in [-0.25, -0.2) is 4.79 Å². The van der Waals surface area contributed by atoms with Crippen molar-refractivity contribution >= 4 is 33.7 Å².